The summed E-state index contributed by atoms with van der Waals surface area (Å²) in [5.41, 5.74) is 0. The van der Waals surface area contributed by atoms with Crippen LogP contribution in [-0.2, 0) is 19.2 Å². The van der Waals surface area contributed by atoms with Crippen LogP contribution in [0, 0.1) is 0 Å². The van der Waals surface area contributed by atoms with Crippen molar-refractivity contribution in [1.82, 2.24) is 5.06 Å². The summed E-state index contributed by atoms with van der Waals surface area (Å²) in [6, 6.07) is 0. The van der Waals surface area contributed by atoms with E-state index in [0.29, 0.717) is 6.29 Å². The standard InChI is InChI=1S/C6H9NO4/c1-7(11-5-9)6(10)3-2-4-8/h4-5H,2-3H2,1H3. The fourth-order valence-electron chi connectivity index (χ4n) is 0.463. The average Bonchev–Trinajstić information content (AvgIpc) is 2.00. The molecule has 0 rings (SSSR count). The van der Waals surface area contributed by atoms with E-state index in [1.807, 2.05) is 0 Å². The summed E-state index contributed by atoms with van der Waals surface area (Å²) in [6.45, 7) is 0.152. The number of aldehydes is 1. The molecule has 0 atom stereocenters. The molecular formula is C6H9NO4. The number of hydrogen-bond donors (Lipinski definition) is 0. The van der Waals surface area contributed by atoms with Crippen LogP contribution in [0.1, 0.15) is 12.8 Å². The van der Waals surface area contributed by atoms with Gasteiger partial charge in [0.1, 0.15) is 6.29 Å². The van der Waals surface area contributed by atoms with E-state index in [-0.39, 0.29) is 19.3 Å². The molecule has 0 unspecified atom stereocenters. The normalized spacial score (nSPS) is 8.45. The van der Waals surface area contributed by atoms with Crippen LogP contribution in [0.3, 0.4) is 0 Å². The molecule has 5 heteroatoms. The molecule has 11 heavy (non-hydrogen) atoms. The third-order valence-electron chi connectivity index (χ3n) is 1.03. The molecule has 0 N–H and O–H groups in total. The highest BCUT2D eigenvalue weighted by atomic mass is 16.7. The van der Waals surface area contributed by atoms with E-state index in [1.165, 1.54) is 7.05 Å². The van der Waals surface area contributed by atoms with Gasteiger partial charge in [0.25, 0.3) is 5.91 Å². The van der Waals surface area contributed by atoms with E-state index in [4.69, 9.17) is 0 Å². The molecule has 5 nitrogen and oxygen atoms in total. The van der Waals surface area contributed by atoms with Gasteiger partial charge in [-0.15, -0.1) is 0 Å². The summed E-state index contributed by atoms with van der Waals surface area (Å²) in [5, 5.41) is 0.788. The van der Waals surface area contributed by atoms with E-state index in [0.717, 1.165) is 5.06 Å². The van der Waals surface area contributed by atoms with Crippen molar-refractivity contribution in [3.05, 3.63) is 0 Å². The van der Waals surface area contributed by atoms with Gasteiger partial charge >= 0.3 is 6.47 Å². The Morgan fingerprint density at radius 1 is 1.55 bits per heavy atom. The highest BCUT2D eigenvalue weighted by molar-refractivity contribution is 5.77. The Balaban J connectivity index is 3.62. The molecule has 62 valence electrons. The van der Waals surface area contributed by atoms with Crippen molar-refractivity contribution in [2.24, 2.45) is 0 Å². The first kappa shape index (κ1) is 9.61. The minimum absolute atomic E-state index is 0.0633. The van der Waals surface area contributed by atoms with Crippen molar-refractivity contribution < 1.29 is 19.2 Å². The van der Waals surface area contributed by atoms with E-state index in [9.17, 15) is 14.4 Å². The van der Waals surface area contributed by atoms with Crippen molar-refractivity contribution in [2.75, 3.05) is 7.05 Å². The Hall–Kier alpha value is -1.39. The Bertz CT molecular complexity index is 157. The number of amides is 1. The largest absolute Gasteiger partial charge is 0.342 e. The second-order valence-electron chi connectivity index (χ2n) is 1.80. The Morgan fingerprint density at radius 3 is 2.64 bits per heavy atom. The lowest BCUT2D eigenvalue weighted by Crippen LogP contribution is -2.26. The molecule has 0 fully saturated rings. The van der Waals surface area contributed by atoms with E-state index in [2.05, 4.69) is 4.84 Å². The number of rotatable bonds is 5. The molecule has 0 aromatic carbocycles. The lowest BCUT2D eigenvalue weighted by molar-refractivity contribution is -0.181. The minimum Gasteiger partial charge on any atom is -0.342 e. The van der Waals surface area contributed by atoms with E-state index in [1.54, 1.807) is 0 Å². The van der Waals surface area contributed by atoms with Gasteiger partial charge < -0.3 is 9.63 Å². The number of nitrogens with zero attached hydrogens (tertiary/aromatic N) is 1. The molecule has 0 aliphatic rings. The van der Waals surface area contributed by atoms with Gasteiger partial charge in [-0.25, -0.2) is 0 Å². The topological polar surface area (TPSA) is 63.7 Å². The molecule has 0 saturated heterocycles. The first-order chi connectivity index (χ1) is 5.22. The summed E-state index contributed by atoms with van der Waals surface area (Å²) < 4.78 is 0. The maximum Gasteiger partial charge on any atom is 0.320 e. The monoisotopic (exact) mass is 159 g/mol. The van der Waals surface area contributed by atoms with Gasteiger partial charge in [0, 0.05) is 19.9 Å². The average molecular weight is 159 g/mol. The quantitative estimate of drug-likeness (QED) is 0.401. The van der Waals surface area contributed by atoms with Crippen molar-refractivity contribution in [3.63, 3.8) is 0 Å². The second kappa shape index (κ2) is 5.40. The molecule has 0 heterocycles. The molecular weight excluding hydrogens is 150 g/mol. The Morgan fingerprint density at radius 2 is 2.18 bits per heavy atom. The molecule has 0 aliphatic carbocycles. The molecule has 0 spiro atoms. The first-order valence-corrected chi connectivity index (χ1v) is 3.03. The summed E-state index contributed by atoms with van der Waals surface area (Å²) in [7, 11) is 1.31. The van der Waals surface area contributed by atoms with Crippen LogP contribution in [0.4, 0.5) is 0 Å². The molecule has 0 aromatic heterocycles. The van der Waals surface area contributed by atoms with Crippen molar-refractivity contribution in [3.8, 4) is 0 Å². The van der Waals surface area contributed by atoms with Gasteiger partial charge in [-0.05, 0) is 0 Å². The zero-order chi connectivity index (χ0) is 8.69. The van der Waals surface area contributed by atoms with Crippen LogP contribution in [0.15, 0.2) is 0 Å². The lowest BCUT2D eigenvalue weighted by Gasteiger charge is -2.11. The van der Waals surface area contributed by atoms with Crippen LogP contribution < -0.4 is 0 Å². The summed E-state index contributed by atoms with van der Waals surface area (Å²) >= 11 is 0. The van der Waals surface area contributed by atoms with Crippen molar-refractivity contribution >= 4 is 18.7 Å². The van der Waals surface area contributed by atoms with Crippen LogP contribution in [0.5, 0.6) is 0 Å². The summed E-state index contributed by atoms with van der Waals surface area (Å²) in [6.07, 6.45) is 0.839. The maximum absolute atomic E-state index is 10.8. The smallest absolute Gasteiger partial charge is 0.320 e. The summed E-state index contributed by atoms with van der Waals surface area (Å²) in [5.74, 6) is -0.399. The van der Waals surface area contributed by atoms with Gasteiger partial charge in [0.15, 0.2) is 0 Å². The number of carbonyl (C=O) groups is 3. The van der Waals surface area contributed by atoms with Crippen LogP contribution in [0.25, 0.3) is 0 Å². The third-order valence-corrected chi connectivity index (χ3v) is 1.03. The third kappa shape index (κ3) is 4.07. The van der Waals surface area contributed by atoms with Gasteiger partial charge in [-0.1, -0.05) is 0 Å². The fourth-order valence-corrected chi connectivity index (χ4v) is 0.463. The van der Waals surface area contributed by atoms with Gasteiger partial charge in [0.05, 0.1) is 0 Å². The minimum atomic E-state index is -0.399. The van der Waals surface area contributed by atoms with Crippen LogP contribution in [0.2, 0.25) is 0 Å². The molecule has 1 amide bonds. The SMILES string of the molecule is CN(OC=O)C(=O)CCC=O. The maximum atomic E-state index is 10.8. The Labute approximate surface area is 63.9 Å². The molecule has 0 saturated carbocycles. The molecule has 0 aliphatic heterocycles. The fraction of sp³-hybridized carbons (Fsp3) is 0.500. The molecule has 0 aromatic rings. The number of hydroxylamine groups is 2. The van der Waals surface area contributed by atoms with Gasteiger partial charge in [-0.3, -0.25) is 9.59 Å². The number of hydrogen-bond acceptors (Lipinski definition) is 4. The number of carbonyl (C=O) groups excluding carboxylic acids is 3. The predicted octanol–water partition coefficient (Wildman–Crippen LogP) is -0.488. The zero-order valence-corrected chi connectivity index (χ0v) is 6.15. The highest BCUT2D eigenvalue weighted by Gasteiger charge is 2.07. The summed E-state index contributed by atoms with van der Waals surface area (Å²) in [4.78, 5) is 34.5. The molecule has 0 radical (unpaired) electrons. The Kier molecular flexibility index (Phi) is 4.72. The lowest BCUT2D eigenvalue weighted by atomic mass is 10.3. The van der Waals surface area contributed by atoms with Gasteiger partial charge in [0.2, 0.25) is 0 Å². The second-order valence-corrected chi connectivity index (χ2v) is 1.80. The van der Waals surface area contributed by atoms with Crippen LogP contribution >= 0.6 is 0 Å². The molecule has 0 bridgehead atoms. The van der Waals surface area contributed by atoms with Gasteiger partial charge in [-0.2, -0.15) is 5.06 Å². The van der Waals surface area contributed by atoms with Crippen LogP contribution in [-0.4, -0.2) is 30.8 Å². The van der Waals surface area contributed by atoms with Crippen molar-refractivity contribution in [1.29, 1.82) is 0 Å². The highest BCUT2D eigenvalue weighted by Crippen LogP contribution is 1.92. The van der Waals surface area contributed by atoms with E-state index < -0.39 is 5.91 Å². The van der Waals surface area contributed by atoms with Crippen molar-refractivity contribution in [2.45, 2.75) is 12.8 Å². The first-order valence-electron chi connectivity index (χ1n) is 3.03. The van der Waals surface area contributed by atoms with E-state index >= 15 is 0 Å². The zero-order valence-electron chi connectivity index (χ0n) is 6.15. The predicted molar refractivity (Wildman–Crippen MR) is 35.2 cm³/mol.